The summed E-state index contributed by atoms with van der Waals surface area (Å²) in [5.74, 6) is 0.130. The van der Waals surface area contributed by atoms with Crippen molar-refractivity contribution < 1.29 is 13.6 Å². The number of hydrogen-bond donors (Lipinski definition) is 1. The van der Waals surface area contributed by atoms with Crippen LogP contribution in [0.5, 0.6) is 11.5 Å². The van der Waals surface area contributed by atoms with Crippen molar-refractivity contribution in [3.8, 4) is 11.5 Å². The van der Waals surface area contributed by atoms with E-state index >= 15 is 0 Å². The van der Waals surface area contributed by atoms with Gasteiger partial charge < -0.3 is 14.8 Å². The number of para-hydroxylation sites is 2. The van der Waals surface area contributed by atoms with E-state index in [1.54, 1.807) is 24.3 Å². The van der Waals surface area contributed by atoms with Gasteiger partial charge in [0, 0.05) is 6.42 Å². The van der Waals surface area contributed by atoms with E-state index in [9.17, 15) is 4.57 Å². The van der Waals surface area contributed by atoms with Crippen molar-refractivity contribution in [3.63, 3.8) is 0 Å². The molecule has 0 bridgehead atoms. The molecule has 0 fully saturated rings. The van der Waals surface area contributed by atoms with Crippen molar-refractivity contribution in [2.75, 3.05) is 0 Å². The summed E-state index contributed by atoms with van der Waals surface area (Å²) in [5, 5.41) is 0. The molecule has 0 heterocycles. The van der Waals surface area contributed by atoms with Gasteiger partial charge in [0.1, 0.15) is 17.3 Å². The van der Waals surface area contributed by atoms with Crippen LogP contribution >= 0.6 is 20.0 Å². The first-order valence-corrected chi connectivity index (χ1v) is 9.65. The summed E-state index contributed by atoms with van der Waals surface area (Å²) in [5.41, 5.74) is 7.24. The van der Waals surface area contributed by atoms with E-state index in [0.717, 1.165) is 5.56 Å². The van der Waals surface area contributed by atoms with Gasteiger partial charge in [0.2, 0.25) is 0 Å². The van der Waals surface area contributed by atoms with Crippen LogP contribution in [0.1, 0.15) is 5.56 Å². The topological polar surface area (TPSA) is 61.6 Å². The standard InChI is InChI=1S/C20H20NO3P.ClH/c21-20(16-17-10-4-1-5-11-17)25(22,23-18-12-6-2-7-13-18)24-19-14-8-3-9-15-19;/h1-15,20H,16,21H2;1H. The zero-order valence-corrected chi connectivity index (χ0v) is 15.8. The Morgan fingerprint density at radius 1 is 0.731 bits per heavy atom. The van der Waals surface area contributed by atoms with Gasteiger partial charge in [-0.25, -0.2) is 4.57 Å². The number of rotatable bonds is 7. The summed E-state index contributed by atoms with van der Waals surface area (Å²) in [6, 6.07) is 27.5. The van der Waals surface area contributed by atoms with Crippen molar-refractivity contribution in [2.45, 2.75) is 12.2 Å². The first kappa shape index (κ1) is 20.1. The molecule has 0 aliphatic carbocycles. The minimum Gasteiger partial charge on any atom is -0.415 e. The highest BCUT2D eigenvalue weighted by atomic mass is 35.5. The molecule has 0 spiro atoms. The fraction of sp³-hybridized carbons (Fsp3) is 0.100. The lowest BCUT2D eigenvalue weighted by atomic mass is 10.2. The van der Waals surface area contributed by atoms with E-state index in [1.165, 1.54) is 0 Å². The van der Waals surface area contributed by atoms with Gasteiger partial charge in [0.05, 0.1) is 0 Å². The van der Waals surface area contributed by atoms with Gasteiger partial charge in [-0.2, -0.15) is 0 Å². The monoisotopic (exact) mass is 389 g/mol. The molecule has 0 radical (unpaired) electrons. The molecule has 1 atom stereocenters. The second kappa shape index (κ2) is 9.44. The third kappa shape index (κ3) is 5.37. The molecule has 3 aromatic carbocycles. The molecule has 0 aliphatic heterocycles. The van der Waals surface area contributed by atoms with Crippen molar-refractivity contribution >= 4 is 20.0 Å². The Hall–Kier alpha value is -2.26. The highest BCUT2D eigenvalue weighted by molar-refractivity contribution is 7.55. The Kier molecular flexibility index (Phi) is 7.28. The normalized spacial score (nSPS) is 11.9. The highest BCUT2D eigenvalue weighted by Gasteiger charge is 2.36. The molecule has 0 saturated carbocycles. The fourth-order valence-corrected chi connectivity index (χ4v) is 3.95. The molecule has 6 heteroatoms. The molecule has 2 N–H and O–H groups in total. The Balaban J connectivity index is 0.00000243. The van der Waals surface area contributed by atoms with Crippen molar-refractivity contribution in [1.82, 2.24) is 0 Å². The van der Waals surface area contributed by atoms with Crippen LogP contribution in [0.3, 0.4) is 0 Å². The minimum atomic E-state index is -3.64. The highest BCUT2D eigenvalue weighted by Crippen LogP contribution is 2.51. The van der Waals surface area contributed by atoms with E-state index < -0.39 is 13.4 Å². The quantitative estimate of drug-likeness (QED) is 0.558. The maximum Gasteiger partial charge on any atom is 0.447 e. The van der Waals surface area contributed by atoms with Gasteiger partial charge in [-0.1, -0.05) is 66.7 Å². The first-order valence-electron chi connectivity index (χ1n) is 8.04. The van der Waals surface area contributed by atoms with Gasteiger partial charge in [-0.3, -0.25) is 0 Å². The molecule has 3 aromatic rings. The van der Waals surface area contributed by atoms with Crippen LogP contribution in [0.25, 0.3) is 0 Å². The first-order chi connectivity index (χ1) is 12.2. The molecule has 26 heavy (non-hydrogen) atoms. The lowest BCUT2D eigenvalue weighted by Gasteiger charge is -2.25. The van der Waals surface area contributed by atoms with Crippen LogP contribution in [-0.2, 0) is 11.0 Å². The summed E-state index contributed by atoms with van der Waals surface area (Å²) in [4.78, 5) is 0. The summed E-state index contributed by atoms with van der Waals surface area (Å²) >= 11 is 0. The molecular weight excluding hydrogens is 369 g/mol. The SMILES string of the molecule is Cl.NC(Cc1ccccc1)P(=O)(Oc1ccccc1)Oc1ccccc1. The lowest BCUT2D eigenvalue weighted by Crippen LogP contribution is -2.28. The third-order valence-electron chi connectivity index (χ3n) is 3.65. The zero-order valence-electron chi connectivity index (χ0n) is 14.1. The van der Waals surface area contributed by atoms with E-state index in [4.69, 9.17) is 14.8 Å². The molecule has 0 aromatic heterocycles. The Bertz CT molecular complexity index is 786. The van der Waals surface area contributed by atoms with Crippen LogP contribution in [0, 0.1) is 0 Å². The lowest BCUT2D eigenvalue weighted by molar-refractivity contribution is 0.371. The largest absolute Gasteiger partial charge is 0.447 e. The summed E-state index contributed by atoms with van der Waals surface area (Å²) in [7, 11) is -3.64. The van der Waals surface area contributed by atoms with Crippen LogP contribution in [0.15, 0.2) is 91.0 Å². The van der Waals surface area contributed by atoms with Crippen LogP contribution in [-0.4, -0.2) is 5.78 Å². The molecular formula is C20H21ClNO3P. The summed E-state index contributed by atoms with van der Waals surface area (Å²) in [6.45, 7) is 0. The molecule has 1 unspecified atom stereocenters. The molecule has 0 amide bonds. The Morgan fingerprint density at radius 2 is 1.12 bits per heavy atom. The predicted molar refractivity (Wildman–Crippen MR) is 107 cm³/mol. The number of halogens is 1. The van der Waals surface area contributed by atoms with Crippen molar-refractivity contribution in [3.05, 3.63) is 96.6 Å². The van der Waals surface area contributed by atoms with Gasteiger partial charge in [-0.15, -0.1) is 12.4 Å². The van der Waals surface area contributed by atoms with Crippen LogP contribution in [0.4, 0.5) is 0 Å². The second-order valence-corrected chi connectivity index (χ2v) is 7.71. The van der Waals surface area contributed by atoms with E-state index in [-0.39, 0.29) is 12.4 Å². The molecule has 0 saturated heterocycles. The predicted octanol–water partition coefficient (Wildman–Crippen LogP) is 5.29. The van der Waals surface area contributed by atoms with E-state index in [1.807, 2.05) is 66.7 Å². The third-order valence-corrected chi connectivity index (χ3v) is 5.57. The summed E-state index contributed by atoms with van der Waals surface area (Å²) < 4.78 is 25.0. The van der Waals surface area contributed by atoms with Gasteiger partial charge >= 0.3 is 7.60 Å². The van der Waals surface area contributed by atoms with Crippen molar-refractivity contribution in [1.29, 1.82) is 0 Å². The van der Waals surface area contributed by atoms with Gasteiger partial charge in [-0.05, 0) is 29.8 Å². The molecule has 4 nitrogen and oxygen atoms in total. The maximum atomic E-state index is 13.5. The smallest absolute Gasteiger partial charge is 0.415 e. The van der Waals surface area contributed by atoms with Crippen molar-refractivity contribution in [2.24, 2.45) is 5.73 Å². The average molecular weight is 390 g/mol. The van der Waals surface area contributed by atoms with Gasteiger partial charge in [0.15, 0.2) is 0 Å². The molecule has 136 valence electrons. The molecule has 3 rings (SSSR count). The zero-order chi connectivity index (χ0) is 17.5. The number of nitrogens with two attached hydrogens (primary N) is 1. The Morgan fingerprint density at radius 3 is 1.54 bits per heavy atom. The van der Waals surface area contributed by atoms with Crippen LogP contribution in [0.2, 0.25) is 0 Å². The molecule has 0 aliphatic rings. The number of benzene rings is 3. The fourth-order valence-electron chi connectivity index (χ4n) is 2.38. The summed E-state index contributed by atoms with van der Waals surface area (Å²) in [6.07, 6.45) is 0.387. The Labute approximate surface area is 159 Å². The minimum absolute atomic E-state index is 0. The van der Waals surface area contributed by atoms with E-state index in [0.29, 0.717) is 17.9 Å². The van der Waals surface area contributed by atoms with Crippen LogP contribution < -0.4 is 14.8 Å². The number of hydrogen-bond acceptors (Lipinski definition) is 4. The van der Waals surface area contributed by atoms with E-state index in [2.05, 4.69) is 0 Å². The van der Waals surface area contributed by atoms with Gasteiger partial charge in [0.25, 0.3) is 0 Å². The average Bonchev–Trinajstić information content (AvgIpc) is 2.64. The maximum absolute atomic E-state index is 13.5. The second-order valence-electron chi connectivity index (χ2n) is 5.61.